The normalized spacial score (nSPS) is 22.6. The Kier molecular flexibility index (Phi) is 3.66. The van der Waals surface area contributed by atoms with Crippen molar-refractivity contribution in [1.29, 1.82) is 0 Å². The summed E-state index contributed by atoms with van der Waals surface area (Å²) in [5.41, 5.74) is 1.88. The molecule has 1 aliphatic rings. The Morgan fingerprint density at radius 1 is 1.47 bits per heavy atom. The minimum Gasteiger partial charge on any atom is -0.379 e. The Morgan fingerprint density at radius 3 is 3.05 bits per heavy atom. The first kappa shape index (κ1) is 12.8. The topological polar surface area (TPSA) is 42.7 Å². The summed E-state index contributed by atoms with van der Waals surface area (Å²) in [7, 11) is 0. The van der Waals surface area contributed by atoms with E-state index in [9.17, 15) is 0 Å². The summed E-state index contributed by atoms with van der Waals surface area (Å²) in [6.07, 6.45) is 4.36. The molecular weight excluding hydrogens is 280 g/mol. The van der Waals surface area contributed by atoms with Crippen LogP contribution in [0.1, 0.15) is 13.3 Å². The quantitative estimate of drug-likeness (QED) is 0.944. The molecule has 0 bridgehead atoms. The van der Waals surface area contributed by atoms with Crippen LogP contribution >= 0.6 is 23.4 Å². The molecule has 1 aromatic carbocycles. The van der Waals surface area contributed by atoms with Crippen LogP contribution < -0.4 is 5.32 Å². The number of benzene rings is 1. The van der Waals surface area contributed by atoms with Crippen LogP contribution in [-0.2, 0) is 0 Å². The van der Waals surface area contributed by atoms with E-state index in [4.69, 9.17) is 11.6 Å². The van der Waals surface area contributed by atoms with Crippen molar-refractivity contribution >= 4 is 29.1 Å². The van der Waals surface area contributed by atoms with Gasteiger partial charge in [0.1, 0.15) is 18.3 Å². The van der Waals surface area contributed by atoms with Crippen molar-refractivity contribution in [3.8, 4) is 5.69 Å². The molecule has 2 unspecified atom stereocenters. The highest BCUT2D eigenvalue weighted by Crippen LogP contribution is 2.33. The molecule has 1 fully saturated rings. The van der Waals surface area contributed by atoms with E-state index in [1.807, 2.05) is 30.0 Å². The van der Waals surface area contributed by atoms with Crippen LogP contribution in [0.4, 0.5) is 5.69 Å². The number of nitrogens with one attached hydrogen (secondary N) is 1. The molecule has 1 N–H and O–H groups in total. The predicted molar refractivity (Wildman–Crippen MR) is 80.3 cm³/mol. The Hall–Kier alpha value is -1.20. The molecule has 19 heavy (non-hydrogen) atoms. The zero-order valence-corrected chi connectivity index (χ0v) is 12.2. The SMILES string of the molecule is CC1SCCC1Nc1cccc(Cl)c1-n1cncn1. The second kappa shape index (κ2) is 5.43. The molecule has 6 heteroatoms. The van der Waals surface area contributed by atoms with Gasteiger partial charge in [-0.15, -0.1) is 0 Å². The number of hydrogen-bond donors (Lipinski definition) is 1. The molecule has 1 aromatic heterocycles. The van der Waals surface area contributed by atoms with Gasteiger partial charge in [-0.25, -0.2) is 9.67 Å². The van der Waals surface area contributed by atoms with Crippen LogP contribution in [0.3, 0.4) is 0 Å². The molecule has 4 nitrogen and oxygen atoms in total. The van der Waals surface area contributed by atoms with Crippen LogP contribution in [0.15, 0.2) is 30.9 Å². The van der Waals surface area contributed by atoms with Crippen molar-refractivity contribution < 1.29 is 0 Å². The Labute approximate surface area is 121 Å². The molecule has 2 aromatic rings. The number of aromatic nitrogens is 3. The van der Waals surface area contributed by atoms with Crippen LogP contribution in [0.5, 0.6) is 0 Å². The Balaban J connectivity index is 1.95. The third-order valence-corrected chi connectivity index (χ3v) is 4.98. The lowest BCUT2D eigenvalue weighted by molar-refractivity contribution is 0.721. The number of thioether (sulfide) groups is 1. The van der Waals surface area contributed by atoms with E-state index in [1.165, 1.54) is 18.5 Å². The molecule has 0 spiro atoms. The second-order valence-corrected chi connectivity index (χ2v) is 6.48. The fraction of sp³-hybridized carbons (Fsp3) is 0.385. The largest absolute Gasteiger partial charge is 0.379 e. The summed E-state index contributed by atoms with van der Waals surface area (Å²) in [4.78, 5) is 3.99. The summed E-state index contributed by atoms with van der Waals surface area (Å²) in [5, 5.41) is 9.06. The molecular formula is C13H15ClN4S. The fourth-order valence-corrected chi connectivity index (χ4v) is 3.77. The maximum Gasteiger partial charge on any atom is 0.138 e. The van der Waals surface area contributed by atoms with Gasteiger partial charge in [0.15, 0.2) is 0 Å². The van der Waals surface area contributed by atoms with Crippen molar-refractivity contribution in [1.82, 2.24) is 14.8 Å². The summed E-state index contributed by atoms with van der Waals surface area (Å²) >= 11 is 8.31. The van der Waals surface area contributed by atoms with Crippen molar-refractivity contribution in [2.24, 2.45) is 0 Å². The number of hydrogen-bond acceptors (Lipinski definition) is 4. The molecule has 2 atom stereocenters. The first-order valence-electron chi connectivity index (χ1n) is 6.27. The van der Waals surface area contributed by atoms with E-state index in [1.54, 1.807) is 11.0 Å². The highest BCUT2D eigenvalue weighted by molar-refractivity contribution is 8.00. The minimum absolute atomic E-state index is 0.478. The highest BCUT2D eigenvalue weighted by Gasteiger charge is 2.25. The highest BCUT2D eigenvalue weighted by atomic mass is 35.5. The zero-order valence-electron chi connectivity index (χ0n) is 10.6. The van der Waals surface area contributed by atoms with Crippen LogP contribution in [0.25, 0.3) is 5.69 Å². The summed E-state index contributed by atoms with van der Waals surface area (Å²) in [6, 6.07) is 6.35. The van der Waals surface area contributed by atoms with Gasteiger partial charge in [0, 0.05) is 11.3 Å². The van der Waals surface area contributed by atoms with Crippen LogP contribution in [0.2, 0.25) is 5.02 Å². The van der Waals surface area contributed by atoms with Gasteiger partial charge in [0.2, 0.25) is 0 Å². The van der Waals surface area contributed by atoms with Gasteiger partial charge in [0.05, 0.1) is 10.7 Å². The molecule has 1 saturated heterocycles. The van der Waals surface area contributed by atoms with Gasteiger partial charge in [-0.2, -0.15) is 16.9 Å². The van der Waals surface area contributed by atoms with E-state index in [0.717, 1.165) is 11.4 Å². The van der Waals surface area contributed by atoms with Crippen molar-refractivity contribution in [2.75, 3.05) is 11.1 Å². The minimum atomic E-state index is 0.478. The van der Waals surface area contributed by atoms with Crippen LogP contribution in [-0.4, -0.2) is 31.8 Å². The summed E-state index contributed by atoms with van der Waals surface area (Å²) < 4.78 is 1.71. The zero-order chi connectivity index (χ0) is 13.2. The number of nitrogens with zero attached hydrogens (tertiary/aromatic N) is 3. The van der Waals surface area contributed by atoms with E-state index in [0.29, 0.717) is 16.3 Å². The number of para-hydroxylation sites is 1. The van der Waals surface area contributed by atoms with Crippen molar-refractivity contribution in [3.63, 3.8) is 0 Å². The van der Waals surface area contributed by atoms with Gasteiger partial charge < -0.3 is 5.32 Å². The number of rotatable bonds is 3. The Bertz CT molecular complexity index is 558. The van der Waals surface area contributed by atoms with Crippen LogP contribution in [0, 0.1) is 0 Å². The van der Waals surface area contributed by atoms with Gasteiger partial charge in [-0.1, -0.05) is 24.6 Å². The maximum absolute atomic E-state index is 6.31. The van der Waals surface area contributed by atoms with E-state index >= 15 is 0 Å². The second-order valence-electron chi connectivity index (χ2n) is 4.59. The standard InChI is InChI=1S/C13H15ClN4S/c1-9-11(5-6-19-9)17-12-4-2-3-10(14)13(12)18-8-15-7-16-18/h2-4,7-9,11,17H,5-6H2,1H3. The average Bonchev–Trinajstić information content (AvgIpc) is 3.03. The molecule has 0 aliphatic carbocycles. The van der Waals surface area contributed by atoms with E-state index in [-0.39, 0.29) is 0 Å². The Morgan fingerprint density at radius 2 is 2.37 bits per heavy atom. The molecule has 0 saturated carbocycles. The molecule has 100 valence electrons. The molecule has 0 radical (unpaired) electrons. The predicted octanol–water partition coefficient (Wildman–Crippen LogP) is 3.23. The molecule has 0 amide bonds. The van der Waals surface area contributed by atoms with Gasteiger partial charge in [0.25, 0.3) is 0 Å². The molecule has 3 rings (SSSR count). The first-order chi connectivity index (χ1) is 9.25. The van der Waals surface area contributed by atoms with Gasteiger partial charge in [-0.3, -0.25) is 0 Å². The van der Waals surface area contributed by atoms with Gasteiger partial charge >= 0.3 is 0 Å². The number of anilines is 1. The number of halogens is 1. The summed E-state index contributed by atoms with van der Waals surface area (Å²) in [6.45, 7) is 2.26. The summed E-state index contributed by atoms with van der Waals surface area (Å²) in [5.74, 6) is 1.21. The van der Waals surface area contributed by atoms with Gasteiger partial charge in [-0.05, 0) is 24.3 Å². The van der Waals surface area contributed by atoms with E-state index < -0.39 is 0 Å². The lowest BCUT2D eigenvalue weighted by atomic mass is 10.1. The third kappa shape index (κ3) is 2.58. The van der Waals surface area contributed by atoms with Crippen molar-refractivity contribution in [3.05, 3.63) is 35.9 Å². The first-order valence-corrected chi connectivity index (χ1v) is 7.70. The monoisotopic (exact) mass is 294 g/mol. The fourth-order valence-electron chi connectivity index (χ4n) is 2.31. The molecule has 1 aliphatic heterocycles. The molecule has 2 heterocycles. The smallest absolute Gasteiger partial charge is 0.138 e. The van der Waals surface area contributed by atoms with Crippen molar-refractivity contribution in [2.45, 2.75) is 24.6 Å². The average molecular weight is 295 g/mol. The van der Waals surface area contributed by atoms with E-state index in [2.05, 4.69) is 22.3 Å². The lowest BCUT2D eigenvalue weighted by Gasteiger charge is -2.20. The lowest BCUT2D eigenvalue weighted by Crippen LogP contribution is -2.25. The maximum atomic E-state index is 6.31. The third-order valence-electron chi connectivity index (χ3n) is 3.35.